The molecular weight excluding hydrogens is 398 g/mol. The summed E-state index contributed by atoms with van der Waals surface area (Å²) < 4.78 is 1.74. The van der Waals surface area contributed by atoms with Crippen molar-refractivity contribution >= 4 is 22.6 Å². The van der Waals surface area contributed by atoms with Crippen molar-refractivity contribution in [1.29, 1.82) is 0 Å². The molecule has 0 unspecified atom stereocenters. The van der Waals surface area contributed by atoms with Crippen LogP contribution in [-0.4, -0.2) is 48.8 Å². The molecule has 0 spiro atoms. The monoisotopic (exact) mass is 421 g/mol. The predicted molar refractivity (Wildman–Crippen MR) is 115 cm³/mol. The van der Waals surface area contributed by atoms with E-state index in [-0.39, 0.29) is 30.3 Å². The third-order valence-corrected chi connectivity index (χ3v) is 5.10. The summed E-state index contributed by atoms with van der Waals surface area (Å²) in [7, 11) is 0. The van der Waals surface area contributed by atoms with Gasteiger partial charge in [-0.05, 0) is 30.2 Å². The number of hydrogen-bond donors (Lipinski definition) is 2. The maximum absolute atomic E-state index is 13.2. The summed E-state index contributed by atoms with van der Waals surface area (Å²) in [6.45, 7) is 2.60. The number of aromatic amines is 1. The fourth-order valence-electron chi connectivity index (χ4n) is 3.63. The van der Waals surface area contributed by atoms with Gasteiger partial charge in [-0.3, -0.25) is 19.2 Å². The van der Waals surface area contributed by atoms with Crippen LogP contribution in [0, 0.1) is 0 Å². The highest BCUT2D eigenvalue weighted by Crippen LogP contribution is 2.18. The van der Waals surface area contributed by atoms with Crippen molar-refractivity contribution in [3.8, 4) is 0 Å². The molecule has 2 aromatic heterocycles. The number of carbonyl (C=O) groups is 1. The first-order valence-electron chi connectivity index (χ1n) is 10.1. The van der Waals surface area contributed by atoms with Crippen LogP contribution in [0.25, 0.3) is 16.7 Å². The van der Waals surface area contributed by atoms with Crippen LogP contribution in [0.1, 0.15) is 35.1 Å². The molecule has 0 bridgehead atoms. The Hall–Kier alpha value is -3.56. The molecule has 2 heterocycles. The van der Waals surface area contributed by atoms with Crippen molar-refractivity contribution in [2.45, 2.75) is 26.3 Å². The normalized spacial score (nSPS) is 11.3. The zero-order valence-electron chi connectivity index (χ0n) is 17.1. The summed E-state index contributed by atoms with van der Waals surface area (Å²) in [5, 5.41) is 16.9. The van der Waals surface area contributed by atoms with E-state index in [0.717, 1.165) is 17.5 Å². The summed E-state index contributed by atoms with van der Waals surface area (Å²) in [6.07, 6.45) is 1.56. The highest BCUT2D eigenvalue weighted by molar-refractivity contribution is 5.97. The van der Waals surface area contributed by atoms with Crippen molar-refractivity contribution < 1.29 is 14.9 Å². The van der Waals surface area contributed by atoms with E-state index in [1.54, 1.807) is 27.5 Å². The Morgan fingerprint density at radius 1 is 1.19 bits per heavy atom. The minimum Gasteiger partial charge on any atom is -0.332 e. The van der Waals surface area contributed by atoms with Crippen molar-refractivity contribution in [2.75, 3.05) is 13.2 Å². The standard InChI is InChI=1S/C22H23N5O4/c1-2-6-19-24-25-20-21(28)23-17-13-16(9-10-18(17)27(19)20)22(29)26(11-12-31-30)14-15-7-4-3-5-8-15/h3-5,7-10,13,30H,2,6,11-12,14H2,1H3,(H,23,28). The lowest BCUT2D eigenvalue weighted by molar-refractivity contribution is -0.243. The lowest BCUT2D eigenvalue weighted by atomic mass is 10.1. The van der Waals surface area contributed by atoms with Crippen LogP contribution in [-0.2, 0) is 17.9 Å². The zero-order valence-corrected chi connectivity index (χ0v) is 17.1. The fraction of sp³-hybridized carbons (Fsp3) is 0.273. The molecule has 0 fully saturated rings. The third-order valence-electron chi connectivity index (χ3n) is 5.10. The van der Waals surface area contributed by atoms with Crippen LogP contribution < -0.4 is 5.56 Å². The number of hydrogen-bond acceptors (Lipinski definition) is 6. The minimum absolute atomic E-state index is 0.00923. The van der Waals surface area contributed by atoms with Crippen LogP contribution in [0.15, 0.2) is 53.3 Å². The highest BCUT2D eigenvalue weighted by atomic mass is 17.1. The van der Waals surface area contributed by atoms with Gasteiger partial charge in [0.2, 0.25) is 5.65 Å². The summed E-state index contributed by atoms with van der Waals surface area (Å²) in [4.78, 5) is 34.3. The molecule has 4 aromatic rings. The van der Waals surface area contributed by atoms with Gasteiger partial charge in [0.25, 0.3) is 11.5 Å². The number of aryl methyl sites for hydroxylation is 1. The molecule has 4 rings (SSSR count). The van der Waals surface area contributed by atoms with Crippen molar-refractivity contribution in [1.82, 2.24) is 24.5 Å². The first kappa shape index (κ1) is 20.7. The Labute approximate surface area is 177 Å². The van der Waals surface area contributed by atoms with Gasteiger partial charge in [-0.1, -0.05) is 37.3 Å². The van der Waals surface area contributed by atoms with Gasteiger partial charge in [-0.2, -0.15) is 0 Å². The molecule has 0 aliphatic heterocycles. The maximum atomic E-state index is 13.2. The van der Waals surface area contributed by atoms with E-state index in [1.165, 1.54) is 0 Å². The molecule has 0 aliphatic rings. The van der Waals surface area contributed by atoms with E-state index in [1.807, 2.05) is 37.3 Å². The number of carbonyl (C=O) groups excluding carboxylic acids is 1. The van der Waals surface area contributed by atoms with Gasteiger partial charge in [0.05, 0.1) is 17.6 Å². The van der Waals surface area contributed by atoms with Crippen LogP contribution in [0.2, 0.25) is 0 Å². The molecule has 0 radical (unpaired) electrons. The van der Waals surface area contributed by atoms with Gasteiger partial charge >= 0.3 is 0 Å². The number of nitrogens with zero attached hydrogens (tertiary/aromatic N) is 4. The SMILES string of the molecule is CCCc1nnc2c(=O)[nH]c3cc(C(=O)N(CCOO)Cc4ccccc4)ccc3n12. The van der Waals surface area contributed by atoms with E-state index in [2.05, 4.69) is 20.1 Å². The molecule has 2 aromatic carbocycles. The third kappa shape index (κ3) is 4.18. The molecule has 9 nitrogen and oxygen atoms in total. The van der Waals surface area contributed by atoms with Gasteiger partial charge in [0, 0.05) is 25.1 Å². The second kappa shape index (κ2) is 9.07. The first-order valence-corrected chi connectivity index (χ1v) is 10.1. The molecule has 2 N–H and O–H groups in total. The van der Waals surface area contributed by atoms with Crippen molar-refractivity contribution in [3.63, 3.8) is 0 Å². The lowest BCUT2D eigenvalue weighted by Gasteiger charge is -2.22. The Bertz CT molecular complexity index is 1270. The van der Waals surface area contributed by atoms with Crippen molar-refractivity contribution in [2.24, 2.45) is 0 Å². The quantitative estimate of drug-likeness (QED) is 0.334. The maximum Gasteiger partial charge on any atom is 0.294 e. The molecule has 0 saturated heterocycles. The van der Waals surface area contributed by atoms with Gasteiger partial charge in [0.1, 0.15) is 5.82 Å². The van der Waals surface area contributed by atoms with E-state index in [4.69, 9.17) is 5.26 Å². The predicted octanol–water partition coefficient (Wildman–Crippen LogP) is 2.66. The van der Waals surface area contributed by atoms with Crippen molar-refractivity contribution in [3.05, 3.63) is 75.8 Å². The number of rotatable bonds is 8. The first-order chi connectivity index (χ1) is 15.1. The van der Waals surface area contributed by atoms with Crippen LogP contribution >= 0.6 is 0 Å². The average Bonchev–Trinajstić information content (AvgIpc) is 3.21. The topological polar surface area (TPSA) is 113 Å². The van der Waals surface area contributed by atoms with Crippen LogP contribution in [0.4, 0.5) is 0 Å². The summed E-state index contributed by atoms with van der Waals surface area (Å²) in [5.74, 6) is 0.472. The van der Waals surface area contributed by atoms with Gasteiger partial charge in [0.15, 0.2) is 0 Å². The summed E-state index contributed by atoms with van der Waals surface area (Å²) in [5.41, 5.74) is 2.51. The fourth-order valence-corrected chi connectivity index (χ4v) is 3.63. The smallest absolute Gasteiger partial charge is 0.294 e. The molecule has 1 amide bonds. The number of fused-ring (bicyclic) bond motifs is 3. The number of benzene rings is 2. The number of amides is 1. The molecule has 0 atom stereocenters. The molecule has 160 valence electrons. The summed E-state index contributed by atoms with van der Waals surface area (Å²) in [6, 6.07) is 14.7. The Morgan fingerprint density at radius 2 is 2.00 bits per heavy atom. The van der Waals surface area contributed by atoms with Crippen LogP contribution in [0.5, 0.6) is 0 Å². The minimum atomic E-state index is -0.359. The number of H-pyrrole nitrogens is 1. The Morgan fingerprint density at radius 3 is 2.74 bits per heavy atom. The molecule has 31 heavy (non-hydrogen) atoms. The Kier molecular flexibility index (Phi) is 6.06. The molecule has 9 heteroatoms. The Balaban J connectivity index is 1.73. The largest absolute Gasteiger partial charge is 0.332 e. The summed E-state index contributed by atoms with van der Waals surface area (Å²) >= 11 is 0. The van der Waals surface area contributed by atoms with E-state index >= 15 is 0 Å². The van der Waals surface area contributed by atoms with Gasteiger partial charge in [-0.15, -0.1) is 10.2 Å². The van der Waals surface area contributed by atoms with E-state index < -0.39 is 0 Å². The van der Waals surface area contributed by atoms with Gasteiger partial charge in [-0.25, -0.2) is 4.89 Å². The zero-order chi connectivity index (χ0) is 21.8. The number of nitrogens with one attached hydrogen (secondary N) is 1. The second-order valence-electron chi connectivity index (χ2n) is 7.26. The molecule has 0 aliphatic carbocycles. The molecule has 0 saturated carbocycles. The van der Waals surface area contributed by atoms with Gasteiger partial charge < -0.3 is 9.88 Å². The number of aromatic nitrogens is 4. The average molecular weight is 421 g/mol. The van der Waals surface area contributed by atoms with Crippen LogP contribution in [0.3, 0.4) is 0 Å². The van der Waals surface area contributed by atoms with E-state index in [0.29, 0.717) is 29.9 Å². The van der Waals surface area contributed by atoms with E-state index in [9.17, 15) is 9.59 Å². The lowest BCUT2D eigenvalue weighted by Crippen LogP contribution is -2.33. The second-order valence-corrected chi connectivity index (χ2v) is 7.26. The highest BCUT2D eigenvalue weighted by Gasteiger charge is 2.19. The molecular formula is C22H23N5O4.